The zero-order chi connectivity index (χ0) is 23.7. The van der Waals surface area contributed by atoms with E-state index in [2.05, 4.69) is 29.8 Å². The molecule has 5 rings (SSSR count). The number of benzene rings is 1. The van der Waals surface area contributed by atoms with Crippen LogP contribution in [-0.4, -0.2) is 35.1 Å². The van der Waals surface area contributed by atoms with Crippen LogP contribution in [0, 0.1) is 16.7 Å². The quantitative estimate of drug-likeness (QED) is 0.231. The predicted octanol–water partition coefficient (Wildman–Crippen LogP) is 3.96. The van der Waals surface area contributed by atoms with Crippen LogP contribution in [0.15, 0.2) is 24.3 Å². The van der Waals surface area contributed by atoms with Crippen molar-refractivity contribution in [2.45, 2.75) is 77.2 Å². The maximum atomic E-state index is 12.9. The largest absolute Gasteiger partial charge is 0.352 e. The van der Waals surface area contributed by atoms with Crippen LogP contribution in [0.4, 0.5) is 10.5 Å². The highest BCUT2D eigenvalue weighted by molar-refractivity contribution is 5.95. The molecule has 0 aromatic heterocycles. The van der Waals surface area contributed by atoms with Crippen LogP contribution in [-0.2, 0) is 4.79 Å². The molecule has 4 aliphatic carbocycles. The van der Waals surface area contributed by atoms with E-state index in [4.69, 9.17) is 5.21 Å². The number of nitrogens with one attached hydrogen (secondary N) is 4. The Hall–Kier alpha value is -2.61. The lowest BCUT2D eigenvalue weighted by atomic mass is 9.43. The number of hydrogen-bond acceptors (Lipinski definition) is 4. The average molecular weight is 457 g/mol. The molecule has 33 heavy (non-hydrogen) atoms. The number of rotatable bonds is 8. The van der Waals surface area contributed by atoms with E-state index in [0.29, 0.717) is 47.4 Å². The molecule has 4 aliphatic rings. The summed E-state index contributed by atoms with van der Waals surface area (Å²) in [5.74, 6) is 0.0777. The topological polar surface area (TPSA) is 120 Å². The molecule has 4 amide bonds. The minimum atomic E-state index is -0.431. The van der Waals surface area contributed by atoms with Crippen molar-refractivity contribution in [2.75, 3.05) is 11.9 Å². The lowest BCUT2D eigenvalue weighted by molar-refractivity contribution is -0.129. The van der Waals surface area contributed by atoms with Crippen molar-refractivity contribution in [1.82, 2.24) is 16.1 Å². The first-order valence-corrected chi connectivity index (χ1v) is 12.0. The molecular weight excluding hydrogens is 420 g/mol. The highest BCUT2D eigenvalue weighted by Gasteiger charge is 2.60. The predicted molar refractivity (Wildman–Crippen MR) is 125 cm³/mol. The molecule has 0 heterocycles. The van der Waals surface area contributed by atoms with Crippen molar-refractivity contribution in [1.29, 1.82) is 0 Å². The maximum absolute atomic E-state index is 12.9. The molecule has 4 saturated carbocycles. The van der Waals surface area contributed by atoms with E-state index in [1.54, 1.807) is 29.7 Å². The van der Waals surface area contributed by atoms with Crippen molar-refractivity contribution in [3.63, 3.8) is 0 Å². The molecule has 5 N–H and O–H groups in total. The summed E-state index contributed by atoms with van der Waals surface area (Å²) in [7, 11) is 0. The molecule has 2 unspecified atom stereocenters. The van der Waals surface area contributed by atoms with Gasteiger partial charge in [0.1, 0.15) is 0 Å². The van der Waals surface area contributed by atoms with Gasteiger partial charge in [0, 0.05) is 29.8 Å². The van der Waals surface area contributed by atoms with Gasteiger partial charge < -0.3 is 16.0 Å². The molecule has 0 spiro atoms. The fourth-order valence-electron chi connectivity index (χ4n) is 7.47. The van der Waals surface area contributed by atoms with Crippen molar-refractivity contribution in [2.24, 2.45) is 16.7 Å². The van der Waals surface area contributed by atoms with Crippen LogP contribution < -0.4 is 21.4 Å². The Morgan fingerprint density at radius 1 is 0.970 bits per heavy atom. The highest BCUT2D eigenvalue weighted by Crippen LogP contribution is 2.66. The van der Waals surface area contributed by atoms with Crippen LogP contribution in [0.3, 0.4) is 0 Å². The maximum Gasteiger partial charge on any atom is 0.319 e. The number of unbranched alkanes of at least 4 members (excludes halogenated alkanes) is 1. The van der Waals surface area contributed by atoms with Crippen LogP contribution >= 0.6 is 0 Å². The van der Waals surface area contributed by atoms with E-state index in [1.165, 1.54) is 19.3 Å². The van der Waals surface area contributed by atoms with Gasteiger partial charge in [-0.25, -0.2) is 10.3 Å². The minimum absolute atomic E-state index is 0.106. The number of anilines is 1. The lowest BCUT2D eigenvalue weighted by Crippen LogP contribution is -2.65. The highest BCUT2D eigenvalue weighted by atomic mass is 16.5. The summed E-state index contributed by atoms with van der Waals surface area (Å²) in [6.07, 6.45) is 8.47. The van der Waals surface area contributed by atoms with Crippen molar-refractivity contribution in [3.8, 4) is 0 Å². The van der Waals surface area contributed by atoms with E-state index in [0.717, 1.165) is 19.3 Å². The first kappa shape index (κ1) is 23.5. The van der Waals surface area contributed by atoms with Crippen molar-refractivity contribution < 1.29 is 19.6 Å². The fourth-order valence-corrected chi connectivity index (χ4v) is 7.47. The van der Waals surface area contributed by atoms with Gasteiger partial charge in [-0.05, 0) is 92.4 Å². The van der Waals surface area contributed by atoms with Gasteiger partial charge in [0.15, 0.2) is 0 Å². The van der Waals surface area contributed by atoms with Crippen LogP contribution in [0.25, 0.3) is 0 Å². The SMILES string of the molecule is C[C@]12CC3CC(NC(=O)Nc4ccc(C(=O)NCCCCC(=O)NO)cc4)(C1)C[C@@](C)(C3)C2. The number of carbonyl (C=O) groups is 3. The third kappa shape index (κ3) is 5.49. The zero-order valence-electron chi connectivity index (χ0n) is 19.6. The Balaban J connectivity index is 1.26. The molecule has 0 saturated heterocycles. The molecule has 4 atom stereocenters. The van der Waals surface area contributed by atoms with Crippen molar-refractivity contribution >= 4 is 23.5 Å². The summed E-state index contributed by atoms with van der Waals surface area (Å²) in [6.45, 7) is 5.22. The summed E-state index contributed by atoms with van der Waals surface area (Å²) in [5, 5.41) is 17.6. The second-order valence-corrected chi connectivity index (χ2v) is 11.3. The van der Waals surface area contributed by atoms with Gasteiger partial charge in [0.2, 0.25) is 5.91 Å². The Kier molecular flexibility index (Phi) is 6.40. The van der Waals surface area contributed by atoms with E-state index in [9.17, 15) is 14.4 Å². The van der Waals surface area contributed by atoms with Crippen LogP contribution in [0.1, 0.15) is 82.0 Å². The first-order valence-electron chi connectivity index (χ1n) is 12.0. The number of urea groups is 1. The van der Waals surface area contributed by atoms with Crippen molar-refractivity contribution in [3.05, 3.63) is 29.8 Å². The van der Waals surface area contributed by atoms with E-state index in [1.807, 2.05) is 0 Å². The molecule has 4 fully saturated rings. The summed E-state index contributed by atoms with van der Waals surface area (Å²) in [6, 6.07) is 6.69. The standard InChI is InChI=1S/C25H36N4O4/c1-23-11-17-12-24(2,14-23)16-25(13-17,15-23)28-22(32)27-19-8-6-18(7-9-19)21(31)26-10-4-3-5-20(30)29-33/h6-9,17,33H,3-5,10-16H2,1-2H3,(H,26,31)(H,29,30)(H2,27,28,32)/t17?,23-,24+,25?. The Morgan fingerprint density at radius 2 is 1.64 bits per heavy atom. The molecule has 1 aromatic rings. The monoisotopic (exact) mass is 456 g/mol. The van der Waals surface area contributed by atoms with Crippen LogP contribution in [0.5, 0.6) is 0 Å². The van der Waals surface area contributed by atoms with E-state index < -0.39 is 5.91 Å². The summed E-state index contributed by atoms with van der Waals surface area (Å²) >= 11 is 0. The van der Waals surface area contributed by atoms with Gasteiger partial charge in [-0.3, -0.25) is 14.8 Å². The van der Waals surface area contributed by atoms with Gasteiger partial charge in [-0.2, -0.15) is 0 Å². The van der Waals surface area contributed by atoms with Crippen LogP contribution in [0.2, 0.25) is 0 Å². The summed E-state index contributed by atoms with van der Waals surface area (Å²) in [4.78, 5) is 36.1. The number of carbonyl (C=O) groups excluding carboxylic acids is 3. The van der Waals surface area contributed by atoms with Gasteiger partial charge >= 0.3 is 6.03 Å². The molecule has 0 aliphatic heterocycles. The first-order chi connectivity index (χ1) is 15.6. The van der Waals surface area contributed by atoms with E-state index in [-0.39, 0.29) is 23.9 Å². The Bertz CT molecular complexity index is 897. The smallest absolute Gasteiger partial charge is 0.319 e. The van der Waals surface area contributed by atoms with Gasteiger partial charge in [-0.1, -0.05) is 13.8 Å². The van der Waals surface area contributed by atoms with E-state index >= 15 is 0 Å². The number of hydroxylamine groups is 1. The van der Waals surface area contributed by atoms with Gasteiger partial charge in [0.25, 0.3) is 5.91 Å². The normalized spacial score (nSPS) is 31.7. The third-order valence-corrected chi connectivity index (χ3v) is 7.65. The zero-order valence-corrected chi connectivity index (χ0v) is 19.6. The minimum Gasteiger partial charge on any atom is -0.352 e. The number of amides is 4. The summed E-state index contributed by atoms with van der Waals surface area (Å²) < 4.78 is 0. The Labute approximate surface area is 195 Å². The average Bonchev–Trinajstić information content (AvgIpc) is 2.70. The number of hydrogen-bond donors (Lipinski definition) is 5. The van der Waals surface area contributed by atoms with Gasteiger partial charge in [-0.15, -0.1) is 0 Å². The Morgan fingerprint density at radius 3 is 2.24 bits per heavy atom. The second-order valence-electron chi connectivity index (χ2n) is 11.3. The molecular formula is C25H36N4O4. The molecule has 8 heteroatoms. The fraction of sp³-hybridized carbons (Fsp3) is 0.640. The molecule has 1 aromatic carbocycles. The third-order valence-electron chi connectivity index (χ3n) is 7.65. The molecule has 8 nitrogen and oxygen atoms in total. The summed E-state index contributed by atoms with van der Waals surface area (Å²) in [5.41, 5.74) is 3.32. The van der Waals surface area contributed by atoms with Gasteiger partial charge in [0.05, 0.1) is 0 Å². The molecule has 0 radical (unpaired) electrons. The molecule has 180 valence electrons. The molecule has 4 bridgehead atoms. The second kappa shape index (κ2) is 8.97. The lowest BCUT2D eigenvalue weighted by Gasteiger charge is -2.65.